The Morgan fingerprint density at radius 1 is 1.24 bits per heavy atom. The van der Waals surface area contributed by atoms with E-state index in [2.05, 4.69) is 4.98 Å². The number of carbonyl (C=O) groups is 1. The van der Waals surface area contributed by atoms with Crippen molar-refractivity contribution in [2.24, 2.45) is 0 Å². The van der Waals surface area contributed by atoms with Crippen molar-refractivity contribution in [3.8, 4) is 0 Å². The number of allylic oxidation sites excluding steroid dienone is 1. The number of halogens is 1. The van der Waals surface area contributed by atoms with Crippen molar-refractivity contribution >= 4 is 28.5 Å². The highest BCUT2D eigenvalue weighted by Gasteiger charge is 2.21. The third-order valence-corrected chi connectivity index (χ3v) is 4.28. The fraction of sp³-hybridized carbons (Fsp3) is 0.105. The molecule has 5 nitrogen and oxygen atoms in total. The minimum atomic E-state index is -1.07. The lowest BCUT2D eigenvalue weighted by Gasteiger charge is -2.06. The fourth-order valence-electron chi connectivity index (χ4n) is 3.08. The Labute approximate surface area is 141 Å². The Hall–Kier alpha value is -3.28. The van der Waals surface area contributed by atoms with Crippen LogP contribution in [0.15, 0.2) is 47.3 Å². The van der Waals surface area contributed by atoms with Gasteiger partial charge in [-0.2, -0.15) is 0 Å². The smallest absolute Gasteiger partial charge is 0.335 e. The number of fused-ring (bicyclic) bond motifs is 2. The van der Waals surface area contributed by atoms with Gasteiger partial charge in [0, 0.05) is 6.54 Å². The highest BCUT2D eigenvalue weighted by atomic mass is 19.1. The largest absolute Gasteiger partial charge is 0.478 e. The van der Waals surface area contributed by atoms with Crippen LogP contribution in [0.3, 0.4) is 0 Å². The van der Waals surface area contributed by atoms with E-state index in [4.69, 9.17) is 5.11 Å². The van der Waals surface area contributed by atoms with Gasteiger partial charge < -0.3 is 5.11 Å². The molecule has 124 valence electrons. The van der Waals surface area contributed by atoms with E-state index >= 15 is 0 Å². The third kappa shape index (κ3) is 2.61. The van der Waals surface area contributed by atoms with Crippen LogP contribution in [0, 0.1) is 5.82 Å². The van der Waals surface area contributed by atoms with E-state index in [9.17, 15) is 14.0 Å². The van der Waals surface area contributed by atoms with Gasteiger partial charge in [0.15, 0.2) is 0 Å². The summed E-state index contributed by atoms with van der Waals surface area (Å²) < 4.78 is 15.0. The molecule has 25 heavy (non-hydrogen) atoms. The lowest BCUT2D eigenvalue weighted by Crippen LogP contribution is -2.21. The topological polar surface area (TPSA) is 72.2 Å². The summed E-state index contributed by atoms with van der Waals surface area (Å²) in [5.41, 5.74) is 1.75. The zero-order valence-corrected chi connectivity index (χ0v) is 13.1. The number of aromatic carboxylic acids is 1. The van der Waals surface area contributed by atoms with E-state index in [1.54, 1.807) is 22.8 Å². The van der Waals surface area contributed by atoms with Gasteiger partial charge in [-0.15, -0.1) is 0 Å². The molecule has 0 saturated heterocycles. The number of hydrogen-bond acceptors (Lipinski definition) is 3. The molecule has 0 amide bonds. The molecule has 2 aromatic carbocycles. The summed E-state index contributed by atoms with van der Waals surface area (Å²) in [6.07, 6.45) is 2.42. The minimum absolute atomic E-state index is 0.0815. The number of nitrogens with zero attached hydrogens (tertiary/aromatic N) is 2. The summed E-state index contributed by atoms with van der Waals surface area (Å²) in [5, 5.41) is 9.51. The predicted molar refractivity (Wildman–Crippen MR) is 91.9 cm³/mol. The first-order valence-corrected chi connectivity index (χ1v) is 7.77. The summed E-state index contributed by atoms with van der Waals surface area (Å²) in [6.45, 7) is 0.499. The SMILES string of the molecule is O=C(O)c1ccc2c(=O)n3c(nc2c1)/C(=C\c1cccc(F)c1)CC3. The number of aromatic nitrogens is 2. The Kier molecular flexibility index (Phi) is 3.46. The van der Waals surface area contributed by atoms with Crippen molar-refractivity contribution in [3.63, 3.8) is 0 Å². The molecule has 1 aromatic heterocycles. The Morgan fingerprint density at radius 3 is 2.84 bits per heavy atom. The standard InChI is InChI=1S/C19H13FN2O3/c20-14-3-1-2-11(9-14)8-12-6-7-22-17(12)21-16-10-13(19(24)25)4-5-15(16)18(22)23/h1-5,8-10H,6-7H2,(H,24,25)/b12-8-. The molecule has 0 bridgehead atoms. The average molecular weight is 336 g/mol. The van der Waals surface area contributed by atoms with Gasteiger partial charge in [0.05, 0.1) is 16.5 Å². The maximum Gasteiger partial charge on any atom is 0.335 e. The van der Waals surface area contributed by atoms with Crippen LogP contribution in [0.5, 0.6) is 0 Å². The highest BCUT2D eigenvalue weighted by Crippen LogP contribution is 2.27. The molecule has 0 saturated carbocycles. The first kappa shape index (κ1) is 15.3. The number of carboxylic acid groups (broad SMARTS) is 1. The summed E-state index contributed by atoms with van der Waals surface area (Å²) in [5.74, 6) is -0.897. The second-order valence-electron chi connectivity index (χ2n) is 5.90. The molecule has 0 fully saturated rings. The van der Waals surface area contributed by atoms with Crippen LogP contribution in [-0.2, 0) is 6.54 Å². The van der Waals surface area contributed by atoms with Crippen LogP contribution in [0.1, 0.15) is 28.2 Å². The molecule has 0 unspecified atom stereocenters. The quantitative estimate of drug-likeness (QED) is 0.780. The van der Waals surface area contributed by atoms with Crippen molar-refractivity contribution in [1.82, 2.24) is 9.55 Å². The van der Waals surface area contributed by atoms with Crippen molar-refractivity contribution < 1.29 is 14.3 Å². The first-order chi connectivity index (χ1) is 12.0. The molecule has 0 radical (unpaired) electrons. The van der Waals surface area contributed by atoms with Gasteiger partial charge in [-0.25, -0.2) is 14.2 Å². The van der Waals surface area contributed by atoms with Crippen LogP contribution in [-0.4, -0.2) is 20.6 Å². The summed E-state index contributed by atoms with van der Waals surface area (Å²) in [6, 6.07) is 10.5. The summed E-state index contributed by atoms with van der Waals surface area (Å²) >= 11 is 0. The van der Waals surface area contributed by atoms with Gasteiger partial charge in [-0.3, -0.25) is 9.36 Å². The zero-order chi connectivity index (χ0) is 17.6. The van der Waals surface area contributed by atoms with E-state index in [0.717, 1.165) is 5.57 Å². The van der Waals surface area contributed by atoms with Crippen molar-refractivity contribution in [3.05, 3.63) is 75.6 Å². The molecule has 0 spiro atoms. The Balaban J connectivity index is 1.90. The summed E-state index contributed by atoms with van der Waals surface area (Å²) in [7, 11) is 0. The van der Waals surface area contributed by atoms with Crippen molar-refractivity contribution in [2.45, 2.75) is 13.0 Å². The molecule has 0 atom stereocenters. The van der Waals surface area contributed by atoms with Gasteiger partial charge in [0.2, 0.25) is 0 Å². The molecule has 1 aliphatic rings. The van der Waals surface area contributed by atoms with Gasteiger partial charge in [-0.05, 0) is 54.0 Å². The molecule has 1 N–H and O–H groups in total. The van der Waals surface area contributed by atoms with Gasteiger partial charge in [0.1, 0.15) is 11.6 Å². The molecule has 3 aromatic rings. The molecular weight excluding hydrogens is 323 g/mol. The third-order valence-electron chi connectivity index (χ3n) is 4.28. The Morgan fingerprint density at radius 2 is 2.08 bits per heavy atom. The van der Waals surface area contributed by atoms with Crippen LogP contribution in [0.4, 0.5) is 4.39 Å². The number of hydrogen-bond donors (Lipinski definition) is 1. The lowest BCUT2D eigenvalue weighted by atomic mass is 10.1. The maximum absolute atomic E-state index is 13.4. The van der Waals surface area contributed by atoms with Gasteiger partial charge in [0.25, 0.3) is 5.56 Å². The van der Waals surface area contributed by atoms with E-state index in [-0.39, 0.29) is 16.9 Å². The van der Waals surface area contributed by atoms with Crippen LogP contribution in [0.2, 0.25) is 0 Å². The predicted octanol–water partition coefficient (Wildman–Crippen LogP) is 3.18. The first-order valence-electron chi connectivity index (χ1n) is 7.77. The average Bonchev–Trinajstić information content (AvgIpc) is 2.97. The molecule has 6 heteroatoms. The monoisotopic (exact) mass is 336 g/mol. The number of carboxylic acids is 1. The minimum Gasteiger partial charge on any atom is -0.478 e. The summed E-state index contributed by atoms with van der Waals surface area (Å²) in [4.78, 5) is 28.3. The second kappa shape index (κ2) is 5.66. The van der Waals surface area contributed by atoms with Crippen LogP contribution < -0.4 is 5.56 Å². The fourth-order valence-corrected chi connectivity index (χ4v) is 3.08. The van der Waals surface area contributed by atoms with Gasteiger partial charge >= 0.3 is 5.97 Å². The molecule has 4 rings (SSSR count). The van der Waals surface area contributed by atoms with Crippen molar-refractivity contribution in [2.75, 3.05) is 0 Å². The Bertz CT molecular complexity index is 1120. The maximum atomic E-state index is 13.4. The molecular formula is C19H13FN2O3. The lowest BCUT2D eigenvalue weighted by molar-refractivity contribution is 0.0697. The number of benzene rings is 2. The number of rotatable bonds is 2. The van der Waals surface area contributed by atoms with Crippen LogP contribution >= 0.6 is 0 Å². The van der Waals surface area contributed by atoms with Crippen LogP contribution in [0.25, 0.3) is 22.6 Å². The van der Waals surface area contributed by atoms with E-state index in [1.807, 2.05) is 0 Å². The van der Waals surface area contributed by atoms with E-state index in [1.165, 1.54) is 30.3 Å². The highest BCUT2D eigenvalue weighted by molar-refractivity contribution is 5.93. The van der Waals surface area contributed by atoms with E-state index < -0.39 is 5.97 Å². The van der Waals surface area contributed by atoms with Crippen molar-refractivity contribution in [1.29, 1.82) is 0 Å². The molecule has 0 aliphatic carbocycles. The van der Waals surface area contributed by atoms with Gasteiger partial charge in [-0.1, -0.05) is 12.1 Å². The normalized spacial score (nSPS) is 14.8. The zero-order valence-electron chi connectivity index (χ0n) is 13.1. The van der Waals surface area contributed by atoms with E-state index in [0.29, 0.717) is 35.3 Å². The second-order valence-corrected chi connectivity index (χ2v) is 5.90. The molecule has 1 aliphatic heterocycles. The molecule has 2 heterocycles.